The molecule has 0 aromatic heterocycles. The van der Waals surface area contributed by atoms with Gasteiger partial charge in [0.1, 0.15) is 6.10 Å². The lowest BCUT2D eigenvalue weighted by molar-refractivity contribution is -0.373. The number of rotatable bonds is 5. The van der Waals surface area contributed by atoms with Crippen molar-refractivity contribution in [2.24, 2.45) is 16.7 Å². The first kappa shape index (κ1) is 25.0. The van der Waals surface area contributed by atoms with Crippen molar-refractivity contribution in [2.75, 3.05) is 0 Å². The second-order valence-electron chi connectivity index (χ2n) is 8.99. The molecule has 156 valence electrons. The van der Waals surface area contributed by atoms with Crippen LogP contribution in [0.15, 0.2) is 0 Å². The highest BCUT2D eigenvalue weighted by Crippen LogP contribution is 2.46. The Morgan fingerprint density at radius 1 is 0.885 bits per heavy atom. The van der Waals surface area contributed by atoms with Gasteiger partial charge in [-0.05, 0) is 24.2 Å². The van der Waals surface area contributed by atoms with Crippen LogP contribution in [-0.4, -0.2) is 35.1 Å². The van der Waals surface area contributed by atoms with Gasteiger partial charge in [0.2, 0.25) is 0 Å². The first-order valence-corrected chi connectivity index (χ1v) is 8.18. The Bertz CT molecular complexity index is 469. The maximum Gasteiger partial charge on any atom is 0.426 e. The Balaban J connectivity index is 5.40. The first-order valence-electron chi connectivity index (χ1n) is 8.18. The van der Waals surface area contributed by atoms with Gasteiger partial charge in [-0.25, -0.2) is 0 Å². The van der Waals surface area contributed by atoms with Crippen LogP contribution in [0, 0.1) is 16.7 Å². The second kappa shape index (κ2) is 7.56. The van der Waals surface area contributed by atoms with E-state index in [9.17, 15) is 36.2 Å². The minimum absolute atomic E-state index is 0.307. The van der Waals surface area contributed by atoms with Crippen molar-refractivity contribution in [2.45, 2.75) is 85.4 Å². The van der Waals surface area contributed by atoms with E-state index in [1.165, 1.54) is 0 Å². The van der Waals surface area contributed by atoms with Gasteiger partial charge in [0, 0.05) is 6.42 Å². The topological polar surface area (TPSA) is 46.5 Å². The van der Waals surface area contributed by atoms with Crippen molar-refractivity contribution in [3.8, 4) is 0 Å². The molecule has 0 fully saturated rings. The first-order chi connectivity index (χ1) is 11.1. The number of hydrogen-bond acceptors (Lipinski definition) is 3. The molecule has 26 heavy (non-hydrogen) atoms. The Morgan fingerprint density at radius 2 is 1.27 bits per heavy atom. The molecule has 0 aliphatic carbocycles. The molecular weight excluding hydrogens is 366 g/mol. The van der Waals surface area contributed by atoms with Crippen molar-refractivity contribution in [1.29, 1.82) is 0 Å². The highest BCUT2D eigenvalue weighted by Gasteiger charge is 2.70. The normalized spacial score (nSPS) is 17.0. The summed E-state index contributed by atoms with van der Waals surface area (Å²) in [6.45, 7) is 11.7. The summed E-state index contributed by atoms with van der Waals surface area (Å²) in [5.74, 6) is -1.61. The van der Waals surface area contributed by atoms with Crippen molar-refractivity contribution in [1.82, 2.24) is 0 Å². The molecule has 0 aliphatic heterocycles. The van der Waals surface area contributed by atoms with Gasteiger partial charge in [-0.15, -0.1) is 0 Å². The molecule has 0 heterocycles. The summed E-state index contributed by atoms with van der Waals surface area (Å²) in [4.78, 5) is 12.4. The zero-order valence-corrected chi connectivity index (χ0v) is 16.1. The summed E-state index contributed by atoms with van der Waals surface area (Å²) < 4.78 is 81.4. The second-order valence-corrected chi connectivity index (χ2v) is 8.99. The van der Waals surface area contributed by atoms with E-state index in [4.69, 9.17) is 4.74 Å². The zero-order valence-electron chi connectivity index (χ0n) is 16.1. The van der Waals surface area contributed by atoms with E-state index in [0.29, 0.717) is 6.42 Å². The number of alkyl halides is 6. The molecule has 9 heteroatoms. The Kier molecular flexibility index (Phi) is 7.27. The van der Waals surface area contributed by atoms with Gasteiger partial charge < -0.3 is 9.84 Å². The molecule has 0 bridgehead atoms. The van der Waals surface area contributed by atoms with Crippen molar-refractivity contribution in [3.05, 3.63) is 0 Å². The van der Waals surface area contributed by atoms with E-state index >= 15 is 0 Å². The van der Waals surface area contributed by atoms with E-state index in [1.807, 2.05) is 20.8 Å². The fraction of sp³-hybridized carbons (Fsp3) is 0.941. The van der Waals surface area contributed by atoms with Crippen LogP contribution in [0.3, 0.4) is 0 Å². The molecule has 0 amide bonds. The summed E-state index contributed by atoms with van der Waals surface area (Å²) in [6, 6.07) is 0. The summed E-state index contributed by atoms with van der Waals surface area (Å²) in [7, 11) is 0. The van der Waals surface area contributed by atoms with Crippen LogP contribution >= 0.6 is 0 Å². The SMILES string of the molecule is CC(CC(O)(C(F)(F)F)C(F)(F)F)OC(=O)C(CC(C)(C)C)C(C)(C)C. The lowest BCUT2D eigenvalue weighted by atomic mass is 9.72. The molecule has 0 saturated carbocycles. The average Bonchev–Trinajstić information content (AvgIpc) is 2.30. The van der Waals surface area contributed by atoms with Crippen LogP contribution in [0.2, 0.25) is 0 Å². The number of hydrogen-bond donors (Lipinski definition) is 1. The largest absolute Gasteiger partial charge is 0.462 e. The van der Waals surface area contributed by atoms with Gasteiger partial charge in [-0.3, -0.25) is 4.79 Å². The van der Waals surface area contributed by atoms with Crippen LogP contribution in [0.25, 0.3) is 0 Å². The van der Waals surface area contributed by atoms with Gasteiger partial charge in [-0.2, -0.15) is 26.3 Å². The predicted molar refractivity (Wildman–Crippen MR) is 84.2 cm³/mol. The van der Waals surface area contributed by atoms with E-state index in [-0.39, 0.29) is 5.41 Å². The lowest BCUT2D eigenvalue weighted by Crippen LogP contribution is -2.58. The molecule has 0 rings (SSSR count). The molecule has 2 atom stereocenters. The standard InChI is InChI=1S/C17H28F6O3/c1-10(8-15(25,16(18,19)20)17(21,22)23)26-12(24)11(14(5,6)7)9-13(2,3)4/h10-11,25H,8-9H2,1-7H3. The van der Waals surface area contributed by atoms with Crippen LogP contribution in [-0.2, 0) is 9.53 Å². The Hall–Kier alpha value is -0.990. The molecular formula is C17H28F6O3. The fourth-order valence-electron chi connectivity index (χ4n) is 2.49. The minimum Gasteiger partial charge on any atom is -0.462 e. The van der Waals surface area contributed by atoms with Gasteiger partial charge in [0.15, 0.2) is 0 Å². The Morgan fingerprint density at radius 3 is 1.54 bits per heavy atom. The number of aliphatic hydroxyl groups is 1. The third kappa shape index (κ3) is 6.63. The van der Waals surface area contributed by atoms with E-state index in [1.54, 1.807) is 20.8 Å². The van der Waals surface area contributed by atoms with E-state index in [0.717, 1.165) is 6.92 Å². The van der Waals surface area contributed by atoms with Gasteiger partial charge in [0.05, 0.1) is 5.92 Å². The van der Waals surface area contributed by atoms with Crippen molar-refractivity contribution >= 4 is 5.97 Å². The Labute approximate surface area is 150 Å². The third-order valence-electron chi connectivity index (χ3n) is 3.98. The molecule has 0 saturated heterocycles. The zero-order chi connectivity index (χ0) is 21.4. The number of carbonyl (C=O) groups is 1. The molecule has 0 aliphatic rings. The number of halogens is 6. The molecule has 0 aromatic carbocycles. The smallest absolute Gasteiger partial charge is 0.426 e. The maximum atomic E-state index is 12.8. The fourth-order valence-corrected chi connectivity index (χ4v) is 2.49. The van der Waals surface area contributed by atoms with Crippen LogP contribution in [0.5, 0.6) is 0 Å². The van der Waals surface area contributed by atoms with Crippen LogP contribution in [0.4, 0.5) is 26.3 Å². The summed E-state index contributed by atoms with van der Waals surface area (Å²) in [5, 5.41) is 9.21. The van der Waals surface area contributed by atoms with E-state index in [2.05, 4.69) is 0 Å². The monoisotopic (exact) mass is 394 g/mol. The highest BCUT2D eigenvalue weighted by atomic mass is 19.4. The number of carbonyl (C=O) groups excluding carboxylic acids is 1. The lowest BCUT2D eigenvalue weighted by Gasteiger charge is -2.36. The van der Waals surface area contributed by atoms with Gasteiger partial charge in [0.25, 0.3) is 5.60 Å². The summed E-state index contributed by atoms with van der Waals surface area (Å²) in [5.41, 5.74) is -5.85. The molecule has 0 radical (unpaired) electrons. The third-order valence-corrected chi connectivity index (χ3v) is 3.98. The average molecular weight is 394 g/mol. The minimum atomic E-state index is -5.94. The molecule has 0 aromatic rings. The van der Waals surface area contributed by atoms with Gasteiger partial charge >= 0.3 is 18.3 Å². The molecule has 2 unspecified atom stereocenters. The van der Waals surface area contributed by atoms with Crippen molar-refractivity contribution in [3.63, 3.8) is 0 Å². The van der Waals surface area contributed by atoms with E-state index < -0.39 is 47.8 Å². The quantitative estimate of drug-likeness (QED) is 0.511. The van der Waals surface area contributed by atoms with Crippen LogP contribution < -0.4 is 0 Å². The molecule has 3 nitrogen and oxygen atoms in total. The molecule has 1 N–H and O–H groups in total. The molecule has 0 spiro atoms. The van der Waals surface area contributed by atoms with Gasteiger partial charge in [-0.1, -0.05) is 41.5 Å². The highest BCUT2D eigenvalue weighted by molar-refractivity contribution is 5.73. The summed E-state index contributed by atoms with van der Waals surface area (Å²) >= 11 is 0. The van der Waals surface area contributed by atoms with Crippen molar-refractivity contribution < 1.29 is 41.0 Å². The predicted octanol–water partition coefficient (Wildman–Crippen LogP) is 5.26. The number of ether oxygens (including phenoxy) is 1. The number of esters is 1. The van der Waals surface area contributed by atoms with Crippen LogP contribution in [0.1, 0.15) is 61.3 Å². The summed E-state index contributed by atoms with van der Waals surface area (Å²) in [6.07, 6.45) is -15.1. The maximum absolute atomic E-state index is 12.8.